The lowest BCUT2D eigenvalue weighted by Gasteiger charge is -2.07. The van der Waals surface area contributed by atoms with Crippen LogP contribution in [0.3, 0.4) is 0 Å². The third-order valence-electron chi connectivity index (χ3n) is 2.33. The maximum atomic E-state index is 11.7. The molecule has 2 amide bonds. The number of nitro groups is 1. The number of aromatic nitrogens is 1. The van der Waals surface area contributed by atoms with E-state index < -0.39 is 11.0 Å². The van der Waals surface area contributed by atoms with Crippen LogP contribution in [0.5, 0.6) is 0 Å². The van der Waals surface area contributed by atoms with Gasteiger partial charge in [0.2, 0.25) is 0 Å². The number of carbonyl (C=O) groups is 1. The number of urea groups is 1. The van der Waals surface area contributed by atoms with Crippen LogP contribution >= 0.6 is 15.9 Å². The Kier molecular flexibility index (Phi) is 4.26. The van der Waals surface area contributed by atoms with Gasteiger partial charge in [0, 0.05) is 24.0 Å². The van der Waals surface area contributed by atoms with E-state index >= 15 is 0 Å². The first kappa shape index (κ1) is 13.9. The highest BCUT2D eigenvalue weighted by molar-refractivity contribution is 9.10. The van der Waals surface area contributed by atoms with Crippen molar-refractivity contribution in [2.75, 3.05) is 10.6 Å². The quantitative estimate of drug-likeness (QED) is 0.663. The molecular weight excluding hydrogens is 328 g/mol. The van der Waals surface area contributed by atoms with Crippen molar-refractivity contribution in [3.63, 3.8) is 0 Å². The number of benzene rings is 1. The summed E-state index contributed by atoms with van der Waals surface area (Å²) in [5.74, 6) is 0.381. The lowest BCUT2D eigenvalue weighted by Crippen LogP contribution is -2.20. The van der Waals surface area contributed by atoms with Crippen molar-refractivity contribution < 1.29 is 9.72 Å². The SMILES string of the molecule is O=C(Nc1ccc([N+](=O)[O-])cc1)Nc1ncccc1Br. The van der Waals surface area contributed by atoms with Crippen LogP contribution in [-0.4, -0.2) is 15.9 Å². The van der Waals surface area contributed by atoms with Crippen molar-refractivity contribution in [2.24, 2.45) is 0 Å². The summed E-state index contributed by atoms with van der Waals surface area (Å²) in [6.45, 7) is 0. The van der Waals surface area contributed by atoms with E-state index in [9.17, 15) is 14.9 Å². The van der Waals surface area contributed by atoms with Gasteiger partial charge in [-0.2, -0.15) is 0 Å². The zero-order valence-electron chi connectivity index (χ0n) is 10.0. The molecule has 0 radical (unpaired) electrons. The number of hydrogen-bond acceptors (Lipinski definition) is 4. The number of carbonyl (C=O) groups excluding carboxylic acids is 1. The normalized spacial score (nSPS) is 9.85. The van der Waals surface area contributed by atoms with Crippen LogP contribution in [0, 0.1) is 10.1 Å². The molecule has 0 bridgehead atoms. The molecule has 20 heavy (non-hydrogen) atoms. The molecule has 0 unspecified atom stereocenters. The number of nitrogens with zero attached hydrogens (tertiary/aromatic N) is 2. The minimum atomic E-state index is -0.505. The van der Waals surface area contributed by atoms with E-state index in [4.69, 9.17) is 0 Å². The molecule has 0 saturated carbocycles. The predicted octanol–water partition coefficient (Wildman–Crippen LogP) is 3.40. The van der Waals surface area contributed by atoms with E-state index in [1.165, 1.54) is 24.3 Å². The Hall–Kier alpha value is -2.48. The molecule has 0 spiro atoms. The van der Waals surface area contributed by atoms with E-state index in [-0.39, 0.29) is 5.69 Å². The van der Waals surface area contributed by atoms with Gasteiger partial charge in [0.1, 0.15) is 5.82 Å². The highest BCUT2D eigenvalue weighted by Crippen LogP contribution is 2.19. The van der Waals surface area contributed by atoms with Gasteiger partial charge in [-0.3, -0.25) is 15.4 Å². The molecule has 0 atom stereocenters. The number of anilines is 2. The summed E-state index contributed by atoms with van der Waals surface area (Å²) in [5.41, 5.74) is 0.406. The van der Waals surface area contributed by atoms with E-state index in [2.05, 4.69) is 31.5 Å². The molecule has 0 aliphatic heterocycles. The zero-order valence-corrected chi connectivity index (χ0v) is 11.6. The minimum absolute atomic E-state index is 0.0385. The van der Waals surface area contributed by atoms with Crippen LogP contribution in [0.2, 0.25) is 0 Å². The topological polar surface area (TPSA) is 97.2 Å². The Labute approximate surface area is 122 Å². The molecule has 1 aromatic heterocycles. The van der Waals surface area contributed by atoms with Crippen LogP contribution in [0.15, 0.2) is 47.1 Å². The molecule has 0 saturated heterocycles. The van der Waals surface area contributed by atoms with Gasteiger partial charge in [0.25, 0.3) is 5.69 Å². The van der Waals surface area contributed by atoms with Crippen LogP contribution < -0.4 is 10.6 Å². The van der Waals surface area contributed by atoms with Gasteiger partial charge < -0.3 is 5.32 Å². The third-order valence-corrected chi connectivity index (χ3v) is 2.97. The molecule has 0 aliphatic carbocycles. The maximum absolute atomic E-state index is 11.7. The highest BCUT2D eigenvalue weighted by Gasteiger charge is 2.08. The first-order valence-electron chi connectivity index (χ1n) is 5.49. The number of amides is 2. The predicted molar refractivity (Wildman–Crippen MR) is 77.7 cm³/mol. The monoisotopic (exact) mass is 336 g/mol. The summed E-state index contributed by atoms with van der Waals surface area (Å²) in [7, 11) is 0. The molecule has 1 heterocycles. The fourth-order valence-corrected chi connectivity index (χ4v) is 1.77. The second-order valence-electron chi connectivity index (χ2n) is 3.72. The second kappa shape index (κ2) is 6.11. The molecule has 8 heteroatoms. The van der Waals surface area contributed by atoms with Gasteiger partial charge in [0.05, 0.1) is 9.40 Å². The van der Waals surface area contributed by atoms with Crippen molar-refractivity contribution >= 4 is 39.2 Å². The number of hydrogen-bond donors (Lipinski definition) is 2. The second-order valence-corrected chi connectivity index (χ2v) is 4.57. The van der Waals surface area contributed by atoms with E-state index in [0.717, 1.165) is 0 Å². The number of non-ortho nitro benzene ring substituents is 1. The highest BCUT2D eigenvalue weighted by atomic mass is 79.9. The Morgan fingerprint density at radius 1 is 1.20 bits per heavy atom. The minimum Gasteiger partial charge on any atom is -0.308 e. The molecule has 2 rings (SSSR count). The molecule has 102 valence electrons. The Balaban J connectivity index is 2.01. The van der Waals surface area contributed by atoms with Gasteiger partial charge in [-0.05, 0) is 40.2 Å². The number of nitrogens with one attached hydrogen (secondary N) is 2. The number of pyridine rings is 1. The van der Waals surface area contributed by atoms with Crippen LogP contribution in [-0.2, 0) is 0 Å². The van der Waals surface area contributed by atoms with Gasteiger partial charge in [-0.25, -0.2) is 9.78 Å². The summed E-state index contributed by atoms with van der Waals surface area (Å²) in [4.78, 5) is 25.7. The number of nitro benzene ring substituents is 1. The third kappa shape index (κ3) is 3.51. The Morgan fingerprint density at radius 3 is 2.50 bits per heavy atom. The maximum Gasteiger partial charge on any atom is 0.324 e. The first-order valence-corrected chi connectivity index (χ1v) is 6.28. The Bertz CT molecular complexity index is 645. The fraction of sp³-hybridized carbons (Fsp3) is 0. The molecular formula is C12H9BrN4O3. The summed E-state index contributed by atoms with van der Waals surface area (Å²) >= 11 is 3.26. The van der Waals surface area contributed by atoms with E-state index in [1.54, 1.807) is 18.3 Å². The van der Waals surface area contributed by atoms with Crippen molar-refractivity contribution in [1.82, 2.24) is 4.98 Å². The summed E-state index contributed by atoms with van der Waals surface area (Å²) in [6, 6.07) is 8.51. The average Bonchev–Trinajstić information content (AvgIpc) is 2.42. The van der Waals surface area contributed by atoms with Crippen LogP contribution in [0.4, 0.5) is 22.0 Å². The number of halogens is 1. The van der Waals surface area contributed by atoms with E-state index in [1.807, 2.05) is 0 Å². The van der Waals surface area contributed by atoms with Crippen molar-refractivity contribution in [2.45, 2.75) is 0 Å². The van der Waals surface area contributed by atoms with Crippen molar-refractivity contribution in [1.29, 1.82) is 0 Å². The largest absolute Gasteiger partial charge is 0.324 e. The average molecular weight is 337 g/mol. The first-order chi connectivity index (χ1) is 9.56. The standard InChI is InChI=1S/C12H9BrN4O3/c13-10-2-1-7-14-11(10)16-12(18)15-8-3-5-9(6-4-8)17(19)20/h1-7H,(H2,14,15,16,18). The van der Waals surface area contributed by atoms with Crippen LogP contribution in [0.25, 0.3) is 0 Å². The zero-order chi connectivity index (χ0) is 14.5. The van der Waals surface area contributed by atoms with Gasteiger partial charge >= 0.3 is 6.03 Å². The summed E-state index contributed by atoms with van der Waals surface area (Å²) in [5, 5.41) is 15.6. The smallest absolute Gasteiger partial charge is 0.308 e. The van der Waals surface area contributed by atoms with Crippen molar-refractivity contribution in [3.8, 4) is 0 Å². The Morgan fingerprint density at radius 2 is 1.90 bits per heavy atom. The molecule has 2 aromatic rings. The van der Waals surface area contributed by atoms with Gasteiger partial charge in [-0.15, -0.1) is 0 Å². The number of rotatable bonds is 3. The van der Waals surface area contributed by atoms with Gasteiger partial charge in [0.15, 0.2) is 0 Å². The molecule has 2 N–H and O–H groups in total. The molecule has 0 aliphatic rings. The van der Waals surface area contributed by atoms with Crippen molar-refractivity contribution in [3.05, 3.63) is 57.2 Å². The summed E-state index contributed by atoms with van der Waals surface area (Å²) < 4.78 is 0.652. The molecule has 1 aromatic carbocycles. The molecule has 0 fully saturated rings. The van der Waals surface area contributed by atoms with Crippen LogP contribution in [0.1, 0.15) is 0 Å². The van der Waals surface area contributed by atoms with E-state index in [0.29, 0.717) is 16.0 Å². The molecule has 7 nitrogen and oxygen atoms in total. The van der Waals surface area contributed by atoms with Gasteiger partial charge in [-0.1, -0.05) is 0 Å². The fourth-order valence-electron chi connectivity index (χ4n) is 1.41. The summed E-state index contributed by atoms with van der Waals surface area (Å²) in [6.07, 6.45) is 1.55. The lowest BCUT2D eigenvalue weighted by atomic mass is 10.3. The lowest BCUT2D eigenvalue weighted by molar-refractivity contribution is -0.384.